The zero-order valence-corrected chi connectivity index (χ0v) is 20.7. The molecule has 2 aromatic carbocycles. The average Bonchev–Trinajstić information content (AvgIpc) is 2.74. The summed E-state index contributed by atoms with van der Waals surface area (Å²) in [5.74, 6) is -1.15. The predicted molar refractivity (Wildman–Crippen MR) is 128 cm³/mol. The van der Waals surface area contributed by atoms with E-state index in [4.69, 9.17) is 11.6 Å². The second-order valence-corrected chi connectivity index (χ2v) is 10.6. The van der Waals surface area contributed by atoms with Gasteiger partial charge in [-0.3, -0.25) is 13.9 Å². The minimum absolute atomic E-state index is 0.00754. The van der Waals surface area contributed by atoms with Crippen LogP contribution in [0.25, 0.3) is 0 Å². The van der Waals surface area contributed by atoms with Crippen LogP contribution in [0.5, 0.6) is 0 Å². The van der Waals surface area contributed by atoms with Crippen molar-refractivity contribution in [1.82, 2.24) is 10.2 Å². The van der Waals surface area contributed by atoms with Crippen molar-refractivity contribution >= 4 is 39.1 Å². The lowest BCUT2D eigenvalue weighted by Crippen LogP contribution is -2.51. The van der Waals surface area contributed by atoms with Crippen molar-refractivity contribution < 1.29 is 22.4 Å². The van der Waals surface area contributed by atoms with Crippen molar-refractivity contribution in [3.63, 3.8) is 0 Å². The summed E-state index contributed by atoms with van der Waals surface area (Å²) in [6.07, 6.45) is 0.998. The highest BCUT2D eigenvalue weighted by molar-refractivity contribution is 7.92. The zero-order chi connectivity index (χ0) is 24.8. The van der Waals surface area contributed by atoms with Gasteiger partial charge in [0.15, 0.2) is 0 Å². The lowest BCUT2D eigenvalue weighted by Gasteiger charge is -2.31. The molecule has 0 bridgehead atoms. The number of benzene rings is 2. The number of carbonyl (C=O) groups excluding carboxylic acids is 2. The van der Waals surface area contributed by atoms with E-state index in [2.05, 4.69) is 5.32 Å². The Labute approximate surface area is 199 Å². The highest BCUT2D eigenvalue weighted by Crippen LogP contribution is 2.21. The van der Waals surface area contributed by atoms with Crippen molar-refractivity contribution in [3.05, 3.63) is 64.9 Å². The topological polar surface area (TPSA) is 86.8 Å². The number of rotatable bonds is 10. The molecule has 33 heavy (non-hydrogen) atoms. The molecule has 2 amide bonds. The fourth-order valence-corrected chi connectivity index (χ4v) is 4.02. The molecule has 0 heterocycles. The van der Waals surface area contributed by atoms with E-state index >= 15 is 0 Å². The van der Waals surface area contributed by atoms with Crippen molar-refractivity contribution in [2.24, 2.45) is 5.92 Å². The molecule has 2 aromatic rings. The van der Waals surface area contributed by atoms with Crippen LogP contribution in [-0.2, 0) is 26.2 Å². The van der Waals surface area contributed by atoms with Crippen molar-refractivity contribution in [2.45, 2.75) is 33.4 Å². The van der Waals surface area contributed by atoms with E-state index in [1.165, 1.54) is 53.4 Å². The molecule has 0 aliphatic carbocycles. The summed E-state index contributed by atoms with van der Waals surface area (Å²) in [5.41, 5.74) is 0.875. The Morgan fingerprint density at radius 3 is 2.12 bits per heavy atom. The minimum Gasteiger partial charge on any atom is -0.354 e. The van der Waals surface area contributed by atoms with Gasteiger partial charge in [-0.05, 0) is 54.8 Å². The van der Waals surface area contributed by atoms with Crippen LogP contribution >= 0.6 is 11.6 Å². The zero-order valence-electron chi connectivity index (χ0n) is 19.1. The van der Waals surface area contributed by atoms with Crippen LogP contribution in [-0.4, -0.2) is 50.5 Å². The molecule has 2 rings (SSSR count). The quantitative estimate of drug-likeness (QED) is 0.544. The molecule has 0 saturated carbocycles. The summed E-state index contributed by atoms with van der Waals surface area (Å²) in [4.78, 5) is 27.3. The summed E-state index contributed by atoms with van der Waals surface area (Å²) in [6.45, 7) is 5.40. The molecule has 10 heteroatoms. The minimum atomic E-state index is -3.81. The predicted octanol–water partition coefficient (Wildman–Crippen LogP) is 3.43. The van der Waals surface area contributed by atoms with Crippen molar-refractivity contribution in [2.75, 3.05) is 23.7 Å². The molecule has 0 aromatic heterocycles. The van der Waals surface area contributed by atoms with Crippen LogP contribution in [0.3, 0.4) is 0 Å². The van der Waals surface area contributed by atoms with Gasteiger partial charge in [-0.2, -0.15) is 0 Å². The fourth-order valence-electron chi connectivity index (χ4n) is 3.04. The van der Waals surface area contributed by atoms with Gasteiger partial charge in [0, 0.05) is 18.1 Å². The molecule has 0 spiro atoms. The third-order valence-electron chi connectivity index (χ3n) is 4.91. The summed E-state index contributed by atoms with van der Waals surface area (Å²) in [7, 11) is -3.81. The van der Waals surface area contributed by atoms with E-state index in [1.807, 2.05) is 13.8 Å². The standard InChI is InChI=1S/C23H29ClFN3O4S/c1-16(2)13-26-23(30)17(3)27(14-18-5-9-20(25)10-6-18)22(29)15-28(33(4,31)32)21-11-7-19(24)8-12-21/h5-12,16-17H,13-15H2,1-4H3,(H,26,30)/t17-/m1/s1. The highest BCUT2D eigenvalue weighted by atomic mass is 35.5. The van der Waals surface area contributed by atoms with Gasteiger partial charge in [-0.25, -0.2) is 12.8 Å². The highest BCUT2D eigenvalue weighted by Gasteiger charge is 2.30. The molecule has 0 fully saturated rings. The Morgan fingerprint density at radius 2 is 1.61 bits per heavy atom. The molecule has 7 nitrogen and oxygen atoms in total. The average molecular weight is 498 g/mol. The molecule has 1 atom stereocenters. The van der Waals surface area contributed by atoms with Gasteiger partial charge >= 0.3 is 0 Å². The van der Waals surface area contributed by atoms with E-state index in [0.29, 0.717) is 17.1 Å². The number of anilines is 1. The Morgan fingerprint density at radius 1 is 1.03 bits per heavy atom. The second kappa shape index (κ2) is 11.5. The van der Waals surface area contributed by atoms with E-state index in [-0.39, 0.29) is 24.1 Å². The van der Waals surface area contributed by atoms with E-state index in [0.717, 1.165) is 10.6 Å². The molecule has 0 aliphatic rings. The van der Waals surface area contributed by atoms with Crippen molar-refractivity contribution in [3.8, 4) is 0 Å². The first kappa shape index (κ1) is 26.6. The number of nitrogens with one attached hydrogen (secondary N) is 1. The number of sulfonamides is 1. The normalized spacial score (nSPS) is 12.3. The number of amides is 2. The SMILES string of the molecule is CC(C)CNC(=O)[C@@H](C)N(Cc1ccc(F)cc1)C(=O)CN(c1ccc(Cl)cc1)S(C)(=O)=O. The van der Waals surface area contributed by atoms with Gasteiger partial charge in [-0.1, -0.05) is 37.6 Å². The van der Waals surface area contributed by atoms with Gasteiger partial charge in [0.25, 0.3) is 0 Å². The number of halogens is 2. The van der Waals surface area contributed by atoms with Crippen LogP contribution in [0.15, 0.2) is 48.5 Å². The Balaban J connectivity index is 2.34. The molecule has 1 N–H and O–H groups in total. The van der Waals surface area contributed by atoms with Crippen LogP contribution in [0.1, 0.15) is 26.3 Å². The van der Waals surface area contributed by atoms with Crippen molar-refractivity contribution in [1.29, 1.82) is 0 Å². The second-order valence-electron chi connectivity index (χ2n) is 8.21. The summed E-state index contributed by atoms with van der Waals surface area (Å²) in [5, 5.41) is 3.22. The monoisotopic (exact) mass is 497 g/mol. The van der Waals surface area contributed by atoms with Gasteiger partial charge in [0.1, 0.15) is 18.4 Å². The number of carbonyl (C=O) groups is 2. The van der Waals surface area contributed by atoms with E-state index < -0.39 is 34.3 Å². The molecule has 0 aliphatic heterocycles. The number of hydrogen-bond donors (Lipinski definition) is 1. The Bertz CT molecular complexity index is 1060. The summed E-state index contributed by atoms with van der Waals surface area (Å²) >= 11 is 5.90. The molecule has 180 valence electrons. The number of hydrogen-bond acceptors (Lipinski definition) is 4. The van der Waals surface area contributed by atoms with E-state index in [9.17, 15) is 22.4 Å². The largest absolute Gasteiger partial charge is 0.354 e. The first-order chi connectivity index (χ1) is 15.4. The lowest BCUT2D eigenvalue weighted by molar-refractivity contribution is -0.139. The first-order valence-electron chi connectivity index (χ1n) is 10.4. The van der Waals surface area contributed by atoms with Gasteiger partial charge in [-0.15, -0.1) is 0 Å². The molecule has 0 radical (unpaired) electrons. The van der Waals surface area contributed by atoms with Crippen LogP contribution in [0.4, 0.5) is 10.1 Å². The van der Waals surface area contributed by atoms with Gasteiger partial charge in [0.05, 0.1) is 11.9 Å². The maximum atomic E-state index is 13.3. The first-order valence-corrected chi connectivity index (χ1v) is 12.7. The fraction of sp³-hybridized carbons (Fsp3) is 0.391. The smallest absolute Gasteiger partial charge is 0.244 e. The van der Waals surface area contributed by atoms with Crippen LogP contribution in [0, 0.1) is 11.7 Å². The summed E-state index contributed by atoms with van der Waals surface area (Å²) in [6, 6.07) is 10.7. The maximum Gasteiger partial charge on any atom is 0.244 e. The third-order valence-corrected chi connectivity index (χ3v) is 6.30. The van der Waals surface area contributed by atoms with Gasteiger partial charge < -0.3 is 10.2 Å². The van der Waals surface area contributed by atoms with Crippen LogP contribution in [0.2, 0.25) is 5.02 Å². The van der Waals surface area contributed by atoms with Crippen LogP contribution < -0.4 is 9.62 Å². The number of nitrogens with zero attached hydrogens (tertiary/aromatic N) is 2. The molecule has 0 saturated heterocycles. The summed E-state index contributed by atoms with van der Waals surface area (Å²) < 4.78 is 39.2. The molecular weight excluding hydrogens is 469 g/mol. The van der Waals surface area contributed by atoms with Gasteiger partial charge in [0.2, 0.25) is 21.8 Å². The maximum absolute atomic E-state index is 13.3. The molecular formula is C23H29ClFN3O4S. The third kappa shape index (κ3) is 8.01. The Kier molecular flexibility index (Phi) is 9.25. The Hall–Kier alpha value is -2.65. The molecule has 0 unspecified atom stereocenters. The lowest BCUT2D eigenvalue weighted by atomic mass is 10.1. The van der Waals surface area contributed by atoms with E-state index in [1.54, 1.807) is 6.92 Å².